The van der Waals surface area contributed by atoms with Crippen LogP contribution in [-0.4, -0.2) is 69.4 Å². The maximum absolute atomic E-state index is 13.5. The van der Waals surface area contributed by atoms with Gasteiger partial charge in [-0.25, -0.2) is 0 Å². The van der Waals surface area contributed by atoms with Crippen LogP contribution in [0.25, 0.3) is 0 Å². The molecule has 420 valence electrons. The molecule has 0 aliphatic heterocycles. The Balaban J connectivity index is 5.50. The number of hydrogen-bond acceptors (Lipinski definition) is 7. The van der Waals surface area contributed by atoms with Gasteiger partial charge in [0.25, 0.3) is 7.82 Å². The van der Waals surface area contributed by atoms with E-state index in [9.17, 15) is 19.0 Å². The second kappa shape index (κ2) is 52.4. The number of phosphoric ester groups is 1. The average Bonchev–Trinajstić information content (AvgIpc) is 3.35. The molecule has 0 saturated heterocycles. The van der Waals surface area contributed by atoms with Crippen molar-refractivity contribution in [1.29, 1.82) is 0 Å². The number of ether oxygens (including phenoxy) is 1. The molecular weight excluding hydrogens is 928 g/mol. The molecule has 0 bridgehead atoms. The molecule has 1 amide bonds. The summed E-state index contributed by atoms with van der Waals surface area (Å²) in [5, 5.41) is 2.99. The Labute approximate surface area is 449 Å². The van der Waals surface area contributed by atoms with Gasteiger partial charge in [0.1, 0.15) is 19.3 Å². The third-order valence-corrected chi connectivity index (χ3v) is 13.5. The smallest absolute Gasteiger partial charge is 0.306 e. The zero-order valence-electron chi connectivity index (χ0n) is 47.8. The molecule has 0 aromatic carbocycles. The number of amides is 1. The summed E-state index contributed by atoms with van der Waals surface area (Å²) in [7, 11) is 1.13. The molecule has 0 spiro atoms. The van der Waals surface area contributed by atoms with E-state index in [2.05, 4.69) is 111 Å². The lowest BCUT2D eigenvalue weighted by atomic mass is 10.0. The minimum absolute atomic E-state index is 0.0397. The quantitative estimate of drug-likeness (QED) is 0.0212. The van der Waals surface area contributed by atoms with Crippen LogP contribution in [0.1, 0.15) is 239 Å². The molecular formula is C63H111N2O7P. The fourth-order valence-corrected chi connectivity index (χ4v) is 8.60. The van der Waals surface area contributed by atoms with E-state index in [1.54, 1.807) is 6.08 Å². The van der Waals surface area contributed by atoms with Gasteiger partial charge in [-0.05, 0) is 109 Å². The van der Waals surface area contributed by atoms with Crippen LogP contribution in [0.2, 0.25) is 0 Å². The fraction of sp³-hybridized carbons (Fsp3) is 0.714. The maximum Gasteiger partial charge on any atom is 0.306 e. The molecule has 1 N–H and O–H groups in total. The zero-order valence-corrected chi connectivity index (χ0v) is 48.7. The first-order chi connectivity index (χ1) is 35.4. The predicted octanol–water partition coefficient (Wildman–Crippen LogP) is 17.4. The van der Waals surface area contributed by atoms with Gasteiger partial charge in [0.15, 0.2) is 0 Å². The highest BCUT2D eigenvalue weighted by molar-refractivity contribution is 7.45. The van der Waals surface area contributed by atoms with Gasteiger partial charge < -0.3 is 28.5 Å². The van der Waals surface area contributed by atoms with E-state index in [4.69, 9.17) is 13.8 Å². The van der Waals surface area contributed by atoms with E-state index in [0.717, 1.165) is 83.5 Å². The summed E-state index contributed by atoms with van der Waals surface area (Å²) >= 11 is 0. The minimum atomic E-state index is -4.72. The molecule has 0 fully saturated rings. The molecule has 0 aromatic heterocycles. The molecule has 3 atom stereocenters. The molecule has 0 radical (unpaired) electrons. The summed E-state index contributed by atoms with van der Waals surface area (Å²) in [6.45, 7) is 6.72. The van der Waals surface area contributed by atoms with Gasteiger partial charge >= 0.3 is 5.97 Å². The van der Waals surface area contributed by atoms with Gasteiger partial charge in [0.2, 0.25) is 5.91 Å². The van der Waals surface area contributed by atoms with Gasteiger partial charge in [-0.15, -0.1) is 0 Å². The summed E-state index contributed by atoms with van der Waals surface area (Å²) in [6.07, 6.45) is 69.4. The van der Waals surface area contributed by atoms with Crippen LogP contribution in [0.3, 0.4) is 0 Å². The molecule has 0 aliphatic rings. The lowest BCUT2D eigenvalue weighted by Crippen LogP contribution is -2.47. The summed E-state index contributed by atoms with van der Waals surface area (Å²) in [4.78, 5) is 39.9. The number of hydrogen-bond donors (Lipinski definition) is 1. The number of nitrogens with zero attached hydrogens (tertiary/aromatic N) is 1. The van der Waals surface area contributed by atoms with Crippen LogP contribution in [0.4, 0.5) is 0 Å². The first-order valence-electron chi connectivity index (χ1n) is 29.5. The van der Waals surface area contributed by atoms with Crippen molar-refractivity contribution in [1.82, 2.24) is 5.32 Å². The summed E-state index contributed by atoms with van der Waals surface area (Å²) < 4.78 is 30.2. The van der Waals surface area contributed by atoms with Crippen LogP contribution >= 0.6 is 7.82 Å². The van der Waals surface area contributed by atoms with Crippen molar-refractivity contribution >= 4 is 19.7 Å². The lowest BCUT2D eigenvalue weighted by Gasteiger charge is -2.30. The molecule has 3 unspecified atom stereocenters. The second-order valence-corrected chi connectivity index (χ2v) is 22.2. The normalized spacial score (nSPS) is 14.5. The number of carbonyl (C=O) groups is 2. The van der Waals surface area contributed by atoms with Gasteiger partial charge in [-0.3, -0.25) is 14.2 Å². The molecule has 0 rings (SSSR count). The summed E-state index contributed by atoms with van der Waals surface area (Å²) in [5.74, 6) is -0.637. The highest BCUT2D eigenvalue weighted by Crippen LogP contribution is 2.38. The largest absolute Gasteiger partial charge is 0.756 e. The zero-order chi connectivity index (χ0) is 53.6. The number of unbranched alkanes of at least 4 members (excludes halogenated alkanes) is 22. The summed E-state index contributed by atoms with van der Waals surface area (Å²) in [5.41, 5.74) is 0. The van der Waals surface area contributed by atoms with E-state index >= 15 is 0 Å². The number of allylic oxidation sites excluding steroid dienone is 15. The number of quaternary nitrogens is 1. The van der Waals surface area contributed by atoms with Crippen molar-refractivity contribution in [3.05, 3.63) is 97.2 Å². The van der Waals surface area contributed by atoms with E-state index < -0.39 is 32.5 Å². The third kappa shape index (κ3) is 53.6. The van der Waals surface area contributed by atoms with Gasteiger partial charge in [0.05, 0.1) is 33.8 Å². The van der Waals surface area contributed by atoms with Crippen molar-refractivity contribution in [2.75, 3.05) is 40.9 Å². The maximum atomic E-state index is 13.5. The van der Waals surface area contributed by atoms with Gasteiger partial charge in [-0.1, -0.05) is 215 Å². The SMILES string of the molecule is CCCCC/C=C\C/C=C\C/C=C\C/C=C\CCCC(=O)OC(/C=C/CCCCCCCCCCCCC)C(COP(=O)([O-])OCC[N+](C)(C)C)NC(=O)CCCCCC/C=C\C/C=C\C/C=C\CCCCC. The number of carbonyl (C=O) groups excluding carboxylic acids is 2. The van der Waals surface area contributed by atoms with Crippen molar-refractivity contribution < 1.29 is 37.3 Å². The first kappa shape index (κ1) is 69.9. The number of likely N-dealkylation sites (N-methyl/N-ethyl adjacent to an activating group) is 1. The molecule has 0 aromatic rings. The number of esters is 1. The number of rotatable bonds is 52. The Morgan fingerprint density at radius 2 is 0.849 bits per heavy atom. The van der Waals surface area contributed by atoms with Crippen molar-refractivity contribution in [2.45, 2.75) is 251 Å². The van der Waals surface area contributed by atoms with Crippen LogP contribution in [0.5, 0.6) is 0 Å². The molecule has 10 heteroatoms. The van der Waals surface area contributed by atoms with Crippen LogP contribution in [0.15, 0.2) is 97.2 Å². The van der Waals surface area contributed by atoms with Gasteiger partial charge in [-0.2, -0.15) is 0 Å². The standard InChI is InChI=1S/C63H111N2O7P/c1-7-10-13-16-19-22-25-28-30-32-34-37-40-43-46-49-52-55-62(66)64-60(59-71-73(68,69)70-58-57-65(4,5)6)61(54-51-48-45-42-39-36-27-24-21-18-15-12-9-3)72-63(67)56-53-50-47-44-41-38-35-33-31-29-26-23-20-17-14-11-8-2/h19-20,22-23,28-31,34-35,37-38,44,47,51,54,60-61H,7-18,21,24-27,32-33,36,39-43,45-46,48-50,52-53,55-59H2,1-6H3,(H-,64,66,68,69)/b22-19-,23-20-,30-28-,31-29-,37-34-,38-35-,47-44-,54-51+. The van der Waals surface area contributed by atoms with E-state index in [1.807, 2.05) is 27.2 Å². The Hall–Kier alpha value is -3.07. The van der Waals surface area contributed by atoms with E-state index in [-0.39, 0.29) is 25.4 Å². The highest BCUT2D eigenvalue weighted by Gasteiger charge is 2.27. The number of phosphoric acid groups is 1. The monoisotopic (exact) mass is 1040 g/mol. The number of nitrogens with one attached hydrogen (secondary N) is 1. The highest BCUT2D eigenvalue weighted by atomic mass is 31.2. The van der Waals surface area contributed by atoms with E-state index in [0.29, 0.717) is 23.9 Å². The van der Waals surface area contributed by atoms with Crippen molar-refractivity contribution in [3.8, 4) is 0 Å². The Kier molecular flexibility index (Phi) is 50.2. The molecule has 0 heterocycles. The topological polar surface area (TPSA) is 114 Å². The molecule has 73 heavy (non-hydrogen) atoms. The fourth-order valence-electron chi connectivity index (χ4n) is 7.87. The lowest BCUT2D eigenvalue weighted by molar-refractivity contribution is -0.870. The second-order valence-electron chi connectivity index (χ2n) is 20.8. The third-order valence-electron chi connectivity index (χ3n) is 12.5. The molecule has 0 aliphatic carbocycles. The van der Waals surface area contributed by atoms with Crippen molar-refractivity contribution in [3.63, 3.8) is 0 Å². The van der Waals surface area contributed by atoms with Crippen LogP contribution < -0.4 is 10.2 Å². The summed E-state index contributed by atoms with van der Waals surface area (Å²) in [6, 6.07) is -0.927. The Morgan fingerprint density at radius 3 is 1.30 bits per heavy atom. The Morgan fingerprint density at radius 1 is 0.479 bits per heavy atom. The van der Waals surface area contributed by atoms with Gasteiger partial charge in [0, 0.05) is 12.8 Å². The van der Waals surface area contributed by atoms with Crippen molar-refractivity contribution in [2.24, 2.45) is 0 Å². The van der Waals surface area contributed by atoms with Crippen LogP contribution in [0, 0.1) is 0 Å². The van der Waals surface area contributed by atoms with Crippen LogP contribution in [-0.2, 0) is 27.9 Å². The predicted molar refractivity (Wildman–Crippen MR) is 311 cm³/mol. The minimum Gasteiger partial charge on any atom is -0.756 e. The molecule has 0 saturated carbocycles. The first-order valence-corrected chi connectivity index (χ1v) is 31.0. The average molecular weight is 1040 g/mol. The van der Waals surface area contributed by atoms with E-state index in [1.165, 1.54) is 109 Å². The Bertz CT molecular complexity index is 1570. The molecule has 9 nitrogen and oxygen atoms in total.